The van der Waals surface area contributed by atoms with Crippen LogP contribution in [-0.4, -0.2) is 38.5 Å². The first-order valence-corrected chi connectivity index (χ1v) is 16.6. The van der Waals surface area contributed by atoms with E-state index in [9.17, 15) is 28.7 Å². The van der Waals surface area contributed by atoms with E-state index >= 15 is 0 Å². The molecule has 8 rings (SSSR count). The molecule has 11 heteroatoms. The SMILES string of the molecule is Cc1ccc(N2C(=O)[C@H]3[C@H](CC=C4[C@H]3C[C@@]3(Cl)C(=O)N(c5ccc(F)cc5)C(=O)[C@@]3(Cl)[C@H]4c3ccc4ccccc4c3O)C2=O)cc1Cl. The number of carbonyl (C=O) groups excluding carboxylic acids is 4. The van der Waals surface area contributed by atoms with Gasteiger partial charge in [-0.15, -0.1) is 23.2 Å². The van der Waals surface area contributed by atoms with E-state index in [0.29, 0.717) is 21.7 Å². The Hall–Kier alpha value is -4.24. The molecular weight excluding hydrogens is 678 g/mol. The fraction of sp³-hybridized carbons (Fsp3) is 0.243. The summed E-state index contributed by atoms with van der Waals surface area (Å²) in [7, 11) is 0. The van der Waals surface area contributed by atoms with E-state index in [1.807, 2.05) is 19.1 Å². The lowest BCUT2D eigenvalue weighted by molar-refractivity contribution is -0.125. The molecule has 6 atom stereocenters. The van der Waals surface area contributed by atoms with Gasteiger partial charge < -0.3 is 5.11 Å². The van der Waals surface area contributed by atoms with Crippen LogP contribution in [0.4, 0.5) is 15.8 Å². The molecule has 3 fully saturated rings. The number of halogens is 4. The Balaban J connectivity index is 1.32. The topological polar surface area (TPSA) is 95.0 Å². The number of fused-ring (bicyclic) bond motifs is 5. The van der Waals surface area contributed by atoms with Crippen molar-refractivity contribution in [1.82, 2.24) is 0 Å². The van der Waals surface area contributed by atoms with E-state index in [-0.39, 0.29) is 29.8 Å². The predicted molar refractivity (Wildman–Crippen MR) is 181 cm³/mol. The lowest BCUT2D eigenvalue weighted by atomic mass is 9.56. The number of phenolic OH excluding ortho intramolecular Hbond substituents is 1. The second kappa shape index (κ2) is 10.6. The smallest absolute Gasteiger partial charge is 0.258 e. The van der Waals surface area contributed by atoms with Crippen LogP contribution in [-0.2, 0) is 19.2 Å². The van der Waals surface area contributed by atoms with Crippen molar-refractivity contribution in [1.29, 1.82) is 0 Å². The molecule has 1 saturated carbocycles. The van der Waals surface area contributed by atoms with Gasteiger partial charge in [-0.2, -0.15) is 0 Å². The van der Waals surface area contributed by atoms with Crippen molar-refractivity contribution in [3.05, 3.63) is 112 Å². The molecule has 4 amide bonds. The number of anilines is 2. The van der Waals surface area contributed by atoms with Gasteiger partial charge in [-0.3, -0.25) is 19.2 Å². The fourth-order valence-electron chi connectivity index (χ4n) is 8.22. The Bertz CT molecular complexity index is 2150. The summed E-state index contributed by atoms with van der Waals surface area (Å²) in [4.78, 5) is 55.0. The monoisotopic (exact) mass is 702 g/mol. The van der Waals surface area contributed by atoms with Crippen molar-refractivity contribution in [3.63, 3.8) is 0 Å². The highest BCUT2D eigenvalue weighted by molar-refractivity contribution is 6.58. The number of allylic oxidation sites excluding steroid dienone is 2. The molecular formula is C37H26Cl3FN2O5. The summed E-state index contributed by atoms with van der Waals surface area (Å²) in [6.07, 6.45) is 1.73. The maximum atomic E-state index is 14.6. The standard InChI is InChI=1S/C37H26Cl3FN2O5/c1-18-6-10-22(16-28(18)38)42-32(45)25-15-14-24-27(29(25)33(42)46)17-36(39)34(47)43(21-11-8-20(41)9-12-21)35(48)37(36,40)30(24)26-13-7-19-4-2-3-5-23(19)31(26)44/h2-14,16,25,27,29-30,44H,15,17H2,1H3/t25-,27+,29-,30+,36+,37-/m0/s1. The Morgan fingerprint density at radius 3 is 2.27 bits per heavy atom. The molecule has 2 aliphatic carbocycles. The molecule has 1 N–H and O–H groups in total. The number of aromatic hydroxyl groups is 1. The zero-order chi connectivity index (χ0) is 33.9. The summed E-state index contributed by atoms with van der Waals surface area (Å²) in [5.74, 6) is -6.92. The highest BCUT2D eigenvalue weighted by Gasteiger charge is 2.77. The van der Waals surface area contributed by atoms with Gasteiger partial charge in [-0.05, 0) is 73.0 Å². The third-order valence-corrected chi connectivity index (χ3v) is 12.4. The third-order valence-electron chi connectivity index (χ3n) is 10.6. The van der Waals surface area contributed by atoms with Gasteiger partial charge in [0.25, 0.3) is 11.8 Å². The lowest BCUT2D eigenvalue weighted by Crippen LogP contribution is -2.60. The number of phenols is 1. The quantitative estimate of drug-likeness (QED) is 0.136. The van der Waals surface area contributed by atoms with Crippen LogP contribution in [0.1, 0.15) is 29.9 Å². The summed E-state index contributed by atoms with van der Waals surface area (Å²) in [6.45, 7) is 1.81. The molecule has 7 nitrogen and oxygen atoms in total. The number of carbonyl (C=O) groups is 4. The lowest BCUT2D eigenvalue weighted by Gasteiger charge is -2.50. The zero-order valence-corrected chi connectivity index (χ0v) is 27.6. The van der Waals surface area contributed by atoms with E-state index in [4.69, 9.17) is 34.8 Å². The molecule has 4 aromatic rings. The minimum Gasteiger partial charge on any atom is -0.507 e. The van der Waals surface area contributed by atoms with E-state index < -0.39 is 62.9 Å². The Morgan fingerprint density at radius 1 is 0.833 bits per heavy atom. The maximum absolute atomic E-state index is 14.6. The first-order valence-electron chi connectivity index (χ1n) is 15.5. The Morgan fingerprint density at radius 2 is 1.54 bits per heavy atom. The average molecular weight is 704 g/mol. The number of aryl methyl sites for hydroxylation is 1. The van der Waals surface area contributed by atoms with Crippen molar-refractivity contribution >= 4 is 80.6 Å². The van der Waals surface area contributed by atoms with Crippen molar-refractivity contribution in [2.45, 2.75) is 35.4 Å². The highest BCUT2D eigenvalue weighted by atomic mass is 35.5. The minimum atomic E-state index is -2.16. The van der Waals surface area contributed by atoms with Gasteiger partial charge in [-0.1, -0.05) is 65.7 Å². The van der Waals surface area contributed by atoms with Crippen LogP contribution in [0.15, 0.2) is 90.5 Å². The third kappa shape index (κ3) is 4.00. The summed E-state index contributed by atoms with van der Waals surface area (Å²) < 4.78 is 13.9. The van der Waals surface area contributed by atoms with E-state index in [0.717, 1.165) is 32.9 Å². The molecule has 2 saturated heterocycles. The number of alkyl halides is 2. The molecule has 0 radical (unpaired) electrons. The van der Waals surface area contributed by atoms with Gasteiger partial charge in [0.15, 0.2) is 9.75 Å². The number of hydrogen-bond acceptors (Lipinski definition) is 5. The predicted octanol–water partition coefficient (Wildman–Crippen LogP) is 7.41. The Kier molecular flexibility index (Phi) is 6.88. The summed E-state index contributed by atoms with van der Waals surface area (Å²) in [5, 5.41) is 13.4. The van der Waals surface area contributed by atoms with E-state index in [1.54, 1.807) is 48.5 Å². The van der Waals surface area contributed by atoms with Crippen LogP contribution in [0.3, 0.4) is 0 Å². The number of imide groups is 2. The van der Waals surface area contributed by atoms with E-state index in [1.165, 1.54) is 12.1 Å². The summed E-state index contributed by atoms with van der Waals surface area (Å²) >= 11 is 21.3. The van der Waals surface area contributed by atoms with Crippen molar-refractivity contribution in [3.8, 4) is 5.75 Å². The molecule has 2 aliphatic heterocycles. The first kappa shape index (κ1) is 31.1. The van der Waals surface area contributed by atoms with Gasteiger partial charge in [0, 0.05) is 21.9 Å². The molecule has 0 spiro atoms. The number of amides is 4. The van der Waals surface area contributed by atoms with Crippen LogP contribution < -0.4 is 9.80 Å². The number of nitrogens with zero attached hydrogens (tertiary/aromatic N) is 2. The molecule has 0 bridgehead atoms. The minimum absolute atomic E-state index is 0.0757. The van der Waals surface area contributed by atoms with Gasteiger partial charge in [-0.25, -0.2) is 14.2 Å². The van der Waals surface area contributed by atoms with Gasteiger partial charge >= 0.3 is 0 Å². The second-order valence-corrected chi connectivity index (χ2v) is 14.6. The van der Waals surface area contributed by atoms with Crippen LogP contribution in [0.5, 0.6) is 5.75 Å². The normalized spacial score (nSPS) is 29.6. The van der Waals surface area contributed by atoms with Gasteiger partial charge in [0.2, 0.25) is 11.8 Å². The highest BCUT2D eigenvalue weighted by Crippen LogP contribution is 2.66. The molecule has 4 aliphatic rings. The summed E-state index contributed by atoms with van der Waals surface area (Å²) in [6, 6.07) is 20.3. The van der Waals surface area contributed by atoms with Crippen LogP contribution in [0.2, 0.25) is 5.02 Å². The molecule has 4 aromatic carbocycles. The van der Waals surface area contributed by atoms with Crippen molar-refractivity contribution < 1.29 is 28.7 Å². The second-order valence-electron chi connectivity index (χ2n) is 12.9. The first-order chi connectivity index (χ1) is 22.9. The Labute approximate surface area is 289 Å². The largest absolute Gasteiger partial charge is 0.507 e. The average Bonchev–Trinajstić information content (AvgIpc) is 3.41. The molecule has 0 unspecified atom stereocenters. The summed E-state index contributed by atoms with van der Waals surface area (Å²) in [5.41, 5.74) is 1.98. The maximum Gasteiger partial charge on any atom is 0.258 e. The molecule has 2 heterocycles. The van der Waals surface area contributed by atoms with Crippen molar-refractivity contribution in [2.75, 3.05) is 9.80 Å². The number of rotatable bonds is 3. The van der Waals surface area contributed by atoms with E-state index in [2.05, 4.69) is 0 Å². The van der Waals surface area contributed by atoms with Crippen LogP contribution in [0.25, 0.3) is 10.8 Å². The van der Waals surface area contributed by atoms with Gasteiger partial charge in [0.05, 0.1) is 23.2 Å². The molecule has 242 valence electrons. The molecule has 0 aromatic heterocycles. The number of benzene rings is 4. The van der Waals surface area contributed by atoms with Crippen LogP contribution in [0, 0.1) is 30.5 Å². The zero-order valence-electron chi connectivity index (χ0n) is 25.3. The fourth-order valence-corrected chi connectivity index (χ4v) is 9.33. The van der Waals surface area contributed by atoms with Crippen molar-refractivity contribution in [2.24, 2.45) is 17.8 Å². The van der Waals surface area contributed by atoms with Crippen LogP contribution >= 0.6 is 34.8 Å². The number of hydrogen-bond donors (Lipinski definition) is 1. The van der Waals surface area contributed by atoms with Gasteiger partial charge in [0.1, 0.15) is 11.6 Å². The molecule has 48 heavy (non-hydrogen) atoms.